The number of hydrogen-bond donors (Lipinski definition) is 1. The molecule has 0 aliphatic carbocycles. The average molecular weight is 257 g/mol. The van der Waals surface area contributed by atoms with Crippen molar-refractivity contribution in [1.82, 2.24) is 5.32 Å². The highest BCUT2D eigenvalue weighted by molar-refractivity contribution is 7.99. The summed E-state index contributed by atoms with van der Waals surface area (Å²) in [5.74, 6) is 3.28. The van der Waals surface area contributed by atoms with Crippen molar-refractivity contribution in [3.8, 4) is 0 Å². The third kappa shape index (κ3) is 3.87. The molecule has 1 N–H and O–H groups in total. The first-order chi connectivity index (χ1) is 8.10. The van der Waals surface area contributed by atoms with Crippen LogP contribution in [-0.2, 0) is 4.74 Å². The number of ether oxygens (including phenoxy) is 1. The number of thioether (sulfide) groups is 1. The lowest BCUT2D eigenvalue weighted by Gasteiger charge is -2.39. The molecule has 3 atom stereocenters. The normalized spacial score (nSPS) is 35.6. The van der Waals surface area contributed by atoms with Crippen LogP contribution < -0.4 is 5.32 Å². The van der Waals surface area contributed by atoms with E-state index in [0.717, 1.165) is 12.5 Å². The molecule has 0 radical (unpaired) electrons. The van der Waals surface area contributed by atoms with Gasteiger partial charge in [-0.25, -0.2) is 0 Å². The van der Waals surface area contributed by atoms with Crippen LogP contribution >= 0.6 is 11.8 Å². The van der Waals surface area contributed by atoms with E-state index in [1.165, 1.54) is 37.2 Å². The predicted octanol–water partition coefficient (Wildman–Crippen LogP) is 3.07. The third-order valence-electron chi connectivity index (χ3n) is 3.91. The van der Waals surface area contributed by atoms with Crippen molar-refractivity contribution < 1.29 is 4.74 Å². The molecule has 0 bridgehead atoms. The summed E-state index contributed by atoms with van der Waals surface area (Å²) in [6.45, 7) is 7.88. The first-order valence-corrected chi connectivity index (χ1v) is 8.23. The Kier molecular flexibility index (Phi) is 4.79. The minimum Gasteiger partial charge on any atom is -0.374 e. The predicted molar refractivity (Wildman–Crippen MR) is 75.7 cm³/mol. The van der Waals surface area contributed by atoms with Crippen molar-refractivity contribution in [2.75, 3.05) is 18.1 Å². The highest BCUT2D eigenvalue weighted by Gasteiger charge is 2.40. The van der Waals surface area contributed by atoms with E-state index in [4.69, 9.17) is 4.74 Å². The lowest BCUT2D eigenvalue weighted by atomic mass is 9.89. The van der Waals surface area contributed by atoms with Gasteiger partial charge in [-0.15, -0.1) is 0 Å². The third-order valence-corrected chi connectivity index (χ3v) is 5.13. The molecule has 0 amide bonds. The van der Waals surface area contributed by atoms with Gasteiger partial charge >= 0.3 is 0 Å². The van der Waals surface area contributed by atoms with Gasteiger partial charge in [0.2, 0.25) is 0 Å². The number of nitrogens with one attached hydrogen (secondary N) is 1. The second-order valence-corrected chi connectivity index (χ2v) is 7.33. The van der Waals surface area contributed by atoms with Crippen LogP contribution in [0.3, 0.4) is 0 Å². The smallest absolute Gasteiger partial charge is 0.0795 e. The summed E-state index contributed by atoms with van der Waals surface area (Å²) >= 11 is 2.06. The molecule has 2 heterocycles. The van der Waals surface area contributed by atoms with Gasteiger partial charge in [-0.2, -0.15) is 11.8 Å². The Balaban J connectivity index is 1.81. The standard InChI is InChI=1S/C14H27NOS/c1-11(2)8-12(3)15-13-4-6-16-14(9-13)5-7-17-10-14/h11-13,15H,4-10H2,1-3H3. The maximum absolute atomic E-state index is 6.06. The van der Waals surface area contributed by atoms with Crippen LogP contribution in [-0.4, -0.2) is 35.8 Å². The van der Waals surface area contributed by atoms with E-state index < -0.39 is 0 Å². The molecule has 17 heavy (non-hydrogen) atoms. The van der Waals surface area contributed by atoms with E-state index in [0.29, 0.717) is 12.1 Å². The lowest BCUT2D eigenvalue weighted by molar-refractivity contribution is -0.0713. The molecule has 3 heteroatoms. The average Bonchev–Trinajstić information content (AvgIpc) is 2.64. The summed E-state index contributed by atoms with van der Waals surface area (Å²) in [6.07, 6.45) is 4.95. The van der Waals surface area contributed by atoms with Crippen molar-refractivity contribution in [3.05, 3.63) is 0 Å². The topological polar surface area (TPSA) is 21.3 Å². The van der Waals surface area contributed by atoms with E-state index >= 15 is 0 Å². The minimum atomic E-state index is 0.220. The molecule has 2 aliphatic rings. The van der Waals surface area contributed by atoms with Crippen LogP contribution in [0, 0.1) is 5.92 Å². The molecule has 0 saturated carbocycles. The highest BCUT2D eigenvalue weighted by Crippen LogP contribution is 2.38. The molecule has 2 fully saturated rings. The molecule has 100 valence electrons. The van der Waals surface area contributed by atoms with Crippen molar-refractivity contribution in [2.24, 2.45) is 5.92 Å². The Hall–Kier alpha value is 0.270. The van der Waals surface area contributed by atoms with Crippen LogP contribution in [0.2, 0.25) is 0 Å². The Bertz CT molecular complexity index is 238. The first kappa shape index (κ1) is 13.7. The quantitative estimate of drug-likeness (QED) is 0.836. The summed E-state index contributed by atoms with van der Waals surface area (Å²) in [6, 6.07) is 1.32. The van der Waals surface area contributed by atoms with Gasteiger partial charge in [-0.05, 0) is 44.3 Å². The van der Waals surface area contributed by atoms with E-state index in [9.17, 15) is 0 Å². The largest absolute Gasteiger partial charge is 0.374 e. The van der Waals surface area contributed by atoms with Crippen LogP contribution in [0.25, 0.3) is 0 Å². The SMILES string of the molecule is CC(C)CC(C)NC1CCOC2(CCSC2)C1. The zero-order chi connectivity index (χ0) is 12.3. The molecule has 0 aromatic heterocycles. The number of rotatable bonds is 4. The molecule has 3 unspecified atom stereocenters. The van der Waals surface area contributed by atoms with E-state index in [1.54, 1.807) is 0 Å². The maximum Gasteiger partial charge on any atom is 0.0795 e. The van der Waals surface area contributed by atoms with Gasteiger partial charge in [0, 0.05) is 24.4 Å². The molecule has 2 nitrogen and oxygen atoms in total. The minimum absolute atomic E-state index is 0.220. The Morgan fingerprint density at radius 2 is 2.24 bits per heavy atom. The van der Waals surface area contributed by atoms with E-state index in [1.807, 2.05) is 0 Å². The molecule has 2 aliphatic heterocycles. The molecule has 0 aromatic carbocycles. The van der Waals surface area contributed by atoms with Crippen molar-refractivity contribution in [2.45, 2.75) is 64.1 Å². The van der Waals surface area contributed by atoms with Gasteiger partial charge in [-0.3, -0.25) is 0 Å². The second kappa shape index (κ2) is 5.94. The van der Waals surface area contributed by atoms with Gasteiger partial charge in [0.25, 0.3) is 0 Å². The molecule has 1 spiro atoms. The summed E-state index contributed by atoms with van der Waals surface area (Å²) in [5, 5.41) is 3.81. The summed E-state index contributed by atoms with van der Waals surface area (Å²) < 4.78 is 6.06. The van der Waals surface area contributed by atoms with Gasteiger partial charge in [0.05, 0.1) is 5.60 Å². The molecule has 2 saturated heterocycles. The Morgan fingerprint density at radius 3 is 2.88 bits per heavy atom. The van der Waals surface area contributed by atoms with Crippen LogP contribution in [0.1, 0.15) is 46.5 Å². The fraction of sp³-hybridized carbons (Fsp3) is 1.00. The van der Waals surface area contributed by atoms with Gasteiger partial charge < -0.3 is 10.1 Å². The Morgan fingerprint density at radius 1 is 1.41 bits per heavy atom. The number of hydrogen-bond acceptors (Lipinski definition) is 3. The van der Waals surface area contributed by atoms with Gasteiger partial charge in [0.1, 0.15) is 0 Å². The maximum atomic E-state index is 6.06. The summed E-state index contributed by atoms with van der Waals surface area (Å²) in [7, 11) is 0. The molecular weight excluding hydrogens is 230 g/mol. The summed E-state index contributed by atoms with van der Waals surface area (Å²) in [4.78, 5) is 0. The van der Waals surface area contributed by atoms with E-state index in [2.05, 4.69) is 37.8 Å². The van der Waals surface area contributed by atoms with Gasteiger partial charge in [-0.1, -0.05) is 13.8 Å². The molecule has 2 rings (SSSR count). The fourth-order valence-corrected chi connectivity index (χ4v) is 4.59. The van der Waals surface area contributed by atoms with Gasteiger partial charge in [0.15, 0.2) is 0 Å². The first-order valence-electron chi connectivity index (χ1n) is 7.07. The van der Waals surface area contributed by atoms with Crippen molar-refractivity contribution in [1.29, 1.82) is 0 Å². The van der Waals surface area contributed by atoms with Crippen LogP contribution in [0.4, 0.5) is 0 Å². The summed E-state index contributed by atoms with van der Waals surface area (Å²) in [5.41, 5.74) is 0.220. The Labute approximate surface area is 110 Å². The molecule has 0 aromatic rings. The zero-order valence-corrected chi connectivity index (χ0v) is 12.3. The monoisotopic (exact) mass is 257 g/mol. The van der Waals surface area contributed by atoms with E-state index in [-0.39, 0.29) is 5.60 Å². The lowest BCUT2D eigenvalue weighted by Crippen LogP contribution is -2.49. The van der Waals surface area contributed by atoms with Crippen LogP contribution in [0.15, 0.2) is 0 Å². The zero-order valence-electron chi connectivity index (χ0n) is 11.5. The second-order valence-electron chi connectivity index (χ2n) is 6.22. The van der Waals surface area contributed by atoms with Crippen molar-refractivity contribution >= 4 is 11.8 Å². The van der Waals surface area contributed by atoms with Crippen molar-refractivity contribution in [3.63, 3.8) is 0 Å². The highest BCUT2D eigenvalue weighted by atomic mass is 32.2. The molecular formula is C14H27NOS. The fourth-order valence-electron chi connectivity index (χ4n) is 3.21. The van der Waals surface area contributed by atoms with Crippen LogP contribution in [0.5, 0.6) is 0 Å².